The molecule has 0 aliphatic heterocycles. The molecule has 0 spiro atoms. The van der Waals surface area contributed by atoms with Crippen LogP contribution >= 0.6 is 11.3 Å². The molecule has 1 rings (SSSR count). The fourth-order valence-corrected chi connectivity index (χ4v) is 1.34. The van der Waals surface area contributed by atoms with Crippen LogP contribution in [-0.2, 0) is 9.53 Å². The number of hydrogen-bond acceptors (Lipinski definition) is 7. The van der Waals surface area contributed by atoms with Crippen molar-refractivity contribution in [3.05, 3.63) is 28.9 Å². The van der Waals surface area contributed by atoms with Gasteiger partial charge in [-0.1, -0.05) is 12.7 Å². The van der Waals surface area contributed by atoms with E-state index in [4.69, 9.17) is 5.73 Å². The molecule has 0 radical (unpaired) electrons. The minimum Gasteiger partial charge on any atom is -0.791 e. The number of carbonyl (C=O) groups is 1. The molecule has 16 heavy (non-hydrogen) atoms. The first kappa shape index (κ1) is 15.1. The fourth-order valence-electron chi connectivity index (χ4n) is 0.788. The van der Waals surface area contributed by atoms with E-state index in [2.05, 4.69) is 21.5 Å². The summed E-state index contributed by atoms with van der Waals surface area (Å²) >= 11 is 1.11. The van der Waals surface area contributed by atoms with E-state index in [9.17, 15) is 10.0 Å². The number of nitrogen functional groups attached to an aromatic ring is 1. The minimum absolute atomic E-state index is 0. The van der Waals surface area contributed by atoms with Crippen molar-refractivity contribution in [3.8, 4) is 0 Å². The van der Waals surface area contributed by atoms with Crippen LogP contribution in [0.25, 0.3) is 0 Å². The van der Waals surface area contributed by atoms with Gasteiger partial charge in [0.15, 0.2) is 10.8 Å². The van der Waals surface area contributed by atoms with E-state index < -0.39 is 5.97 Å². The van der Waals surface area contributed by atoms with Crippen LogP contribution in [0.4, 0.5) is 5.13 Å². The van der Waals surface area contributed by atoms with Crippen LogP contribution in [0.5, 0.6) is 0 Å². The van der Waals surface area contributed by atoms with Crippen molar-refractivity contribution in [2.75, 3.05) is 12.3 Å². The summed E-state index contributed by atoms with van der Waals surface area (Å²) < 4.78 is 4.64. The van der Waals surface area contributed by atoms with Gasteiger partial charge < -0.3 is 20.8 Å². The van der Waals surface area contributed by atoms with Gasteiger partial charge in [-0.2, -0.15) is 0 Å². The van der Waals surface area contributed by atoms with Gasteiger partial charge in [0.2, 0.25) is 0 Å². The van der Waals surface area contributed by atoms with E-state index in [1.165, 1.54) is 11.5 Å². The Morgan fingerprint density at radius 2 is 2.50 bits per heavy atom. The Balaban J connectivity index is 0.00000225. The van der Waals surface area contributed by atoms with Crippen molar-refractivity contribution in [2.24, 2.45) is 5.16 Å². The van der Waals surface area contributed by atoms with E-state index >= 15 is 0 Å². The third kappa shape index (κ3) is 3.93. The van der Waals surface area contributed by atoms with Gasteiger partial charge in [-0.15, -0.1) is 11.3 Å². The standard InChI is InChI=1S/C8H9N3O3S.Na/c1-2-3-14-7(12)6(11-13)5-4-15-8(9)10-5;/h2,4,13H,1,3H2,(H2,9,10);/q;+1/p-1. The Hall–Kier alpha value is -0.890. The van der Waals surface area contributed by atoms with Gasteiger partial charge in [0, 0.05) is 5.38 Å². The molecule has 0 saturated carbocycles. The Kier molecular flexibility index (Phi) is 6.98. The van der Waals surface area contributed by atoms with Gasteiger partial charge in [-0.05, 0) is 0 Å². The monoisotopic (exact) mass is 249 g/mol. The smallest absolute Gasteiger partial charge is 0.791 e. The number of nitrogens with two attached hydrogens (primary N) is 1. The van der Waals surface area contributed by atoms with Gasteiger partial charge in [-0.25, -0.2) is 9.78 Å². The maximum absolute atomic E-state index is 11.3. The molecule has 0 aliphatic rings. The summed E-state index contributed by atoms with van der Waals surface area (Å²) in [5.41, 5.74) is 5.10. The third-order valence-corrected chi connectivity index (χ3v) is 2.06. The van der Waals surface area contributed by atoms with Crippen molar-refractivity contribution in [2.45, 2.75) is 0 Å². The number of nitrogens with zero attached hydrogens (tertiary/aromatic N) is 2. The van der Waals surface area contributed by atoms with Crippen molar-refractivity contribution in [1.82, 2.24) is 4.98 Å². The van der Waals surface area contributed by atoms with Crippen LogP contribution < -0.4 is 35.3 Å². The molecule has 0 aliphatic carbocycles. The maximum atomic E-state index is 11.3. The van der Waals surface area contributed by atoms with Crippen LogP contribution in [0.2, 0.25) is 0 Å². The van der Waals surface area contributed by atoms with Crippen LogP contribution in [0, 0.1) is 5.21 Å². The summed E-state index contributed by atoms with van der Waals surface area (Å²) in [5, 5.41) is 14.7. The second-order valence-corrected chi connectivity index (χ2v) is 3.29. The molecule has 0 unspecified atom stereocenters. The van der Waals surface area contributed by atoms with Crippen molar-refractivity contribution >= 4 is 28.1 Å². The summed E-state index contributed by atoms with van der Waals surface area (Å²) in [7, 11) is 0. The number of anilines is 1. The zero-order valence-electron chi connectivity index (χ0n) is 8.67. The summed E-state index contributed by atoms with van der Waals surface area (Å²) in [4.78, 5) is 15.0. The summed E-state index contributed by atoms with van der Waals surface area (Å²) in [5.74, 6) is -0.838. The number of ether oxygens (including phenoxy) is 1. The molecule has 0 saturated heterocycles. The fraction of sp³-hybridized carbons (Fsp3) is 0.125. The Bertz CT molecular complexity index is 405. The second kappa shape index (κ2) is 7.39. The Morgan fingerprint density at radius 3 is 2.94 bits per heavy atom. The second-order valence-electron chi connectivity index (χ2n) is 2.40. The van der Waals surface area contributed by atoms with Crippen molar-refractivity contribution in [3.63, 3.8) is 0 Å². The molecular formula is C8H8N3NaO3S. The molecule has 0 amide bonds. The van der Waals surface area contributed by atoms with Crippen LogP contribution in [0.3, 0.4) is 0 Å². The molecule has 2 N–H and O–H groups in total. The predicted molar refractivity (Wildman–Crippen MR) is 57.6 cm³/mol. The van der Waals surface area contributed by atoms with Crippen molar-refractivity contribution in [1.29, 1.82) is 0 Å². The number of carbonyl (C=O) groups excluding carboxylic acids is 1. The molecule has 0 atom stereocenters. The van der Waals surface area contributed by atoms with E-state index in [1.807, 2.05) is 0 Å². The van der Waals surface area contributed by atoms with Crippen molar-refractivity contribution < 1.29 is 39.1 Å². The Morgan fingerprint density at radius 1 is 1.81 bits per heavy atom. The molecule has 0 fully saturated rings. The molecule has 0 bridgehead atoms. The van der Waals surface area contributed by atoms with Gasteiger partial charge in [0.05, 0.1) is 0 Å². The average molecular weight is 249 g/mol. The summed E-state index contributed by atoms with van der Waals surface area (Å²) in [6.07, 6.45) is 1.38. The topological polar surface area (TPSA) is 101 Å². The van der Waals surface area contributed by atoms with Crippen LogP contribution in [-0.4, -0.2) is 23.3 Å². The number of hydrogen-bond donors (Lipinski definition) is 1. The van der Waals surface area contributed by atoms with Gasteiger partial charge >= 0.3 is 35.5 Å². The maximum Gasteiger partial charge on any atom is 1.00 e. The van der Waals surface area contributed by atoms with Crippen LogP contribution in [0.1, 0.15) is 5.69 Å². The third-order valence-electron chi connectivity index (χ3n) is 1.38. The summed E-state index contributed by atoms with van der Waals surface area (Å²) in [6.45, 7) is 3.38. The van der Waals surface area contributed by atoms with Gasteiger partial charge in [-0.3, -0.25) is 0 Å². The van der Waals surface area contributed by atoms with Gasteiger partial charge in [0.25, 0.3) is 0 Å². The summed E-state index contributed by atoms with van der Waals surface area (Å²) in [6, 6.07) is 0. The Labute approximate surface area is 118 Å². The van der Waals surface area contributed by atoms with E-state index in [1.54, 1.807) is 0 Å². The number of aromatic nitrogens is 1. The normalized spacial score (nSPS) is 10.4. The molecular weight excluding hydrogens is 241 g/mol. The van der Waals surface area contributed by atoms with E-state index in [0.29, 0.717) is 0 Å². The largest absolute Gasteiger partial charge is 1.00 e. The zero-order chi connectivity index (χ0) is 11.3. The molecule has 80 valence electrons. The zero-order valence-corrected chi connectivity index (χ0v) is 11.5. The average Bonchev–Trinajstić information content (AvgIpc) is 2.63. The predicted octanol–water partition coefficient (Wildman–Crippen LogP) is -2.25. The first-order valence-electron chi connectivity index (χ1n) is 3.88. The molecule has 8 heteroatoms. The first-order chi connectivity index (χ1) is 7.19. The number of thiazole rings is 1. The number of esters is 1. The van der Waals surface area contributed by atoms with E-state index in [-0.39, 0.29) is 52.7 Å². The minimum atomic E-state index is -0.838. The van der Waals surface area contributed by atoms with Gasteiger partial charge in [0.1, 0.15) is 12.3 Å². The molecule has 1 aromatic heterocycles. The SMILES string of the molecule is C=CCOC(=O)C(=N[O-])c1csc(N)n1.[Na+]. The van der Waals surface area contributed by atoms with Crippen LogP contribution in [0.15, 0.2) is 23.2 Å². The molecule has 1 heterocycles. The quantitative estimate of drug-likeness (QED) is 0.213. The molecule has 0 aromatic carbocycles. The molecule has 6 nitrogen and oxygen atoms in total. The van der Waals surface area contributed by atoms with E-state index in [0.717, 1.165) is 11.3 Å². The first-order valence-corrected chi connectivity index (χ1v) is 4.76. The molecule has 1 aromatic rings. The number of rotatable bonds is 4.